The summed E-state index contributed by atoms with van der Waals surface area (Å²) in [5.41, 5.74) is 3.71. The van der Waals surface area contributed by atoms with Crippen LogP contribution in [0.4, 0.5) is 5.69 Å². The molecule has 0 spiro atoms. The van der Waals surface area contributed by atoms with E-state index in [2.05, 4.69) is 15.3 Å². The zero-order valence-electron chi connectivity index (χ0n) is 14.5. The van der Waals surface area contributed by atoms with Gasteiger partial charge in [-0.15, -0.1) is 0 Å². The summed E-state index contributed by atoms with van der Waals surface area (Å²) in [6.07, 6.45) is 1.72. The highest BCUT2D eigenvalue weighted by Crippen LogP contribution is 2.24. The van der Waals surface area contributed by atoms with Gasteiger partial charge < -0.3 is 9.73 Å². The Labute approximate surface area is 150 Å². The normalized spacial score (nSPS) is 10.8. The number of nitrogens with zero attached hydrogens (tertiary/aromatic N) is 2. The van der Waals surface area contributed by atoms with Crippen LogP contribution in [0, 0.1) is 13.8 Å². The largest absolute Gasteiger partial charge is 0.441 e. The zero-order valence-corrected chi connectivity index (χ0v) is 14.5. The van der Waals surface area contributed by atoms with Crippen molar-refractivity contribution in [2.24, 2.45) is 0 Å². The second kappa shape index (κ2) is 6.44. The number of aromatic nitrogens is 2. The van der Waals surface area contributed by atoms with Crippen LogP contribution in [-0.2, 0) is 0 Å². The van der Waals surface area contributed by atoms with E-state index in [4.69, 9.17) is 4.42 Å². The van der Waals surface area contributed by atoms with Crippen molar-refractivity contribution in [3.8, 4) is 11.5 Å². The molecule has 0 saturated heterocycles. The van der Waals surface area contributed by atoms with E-state index in [-0.39, 0.29) is 5.91 Å². The molecule has 5 nitrogen and oxygen atoms in total. The van der Waals surface area contributed by atoms with E-state index in [0.717, 1.165) is 27.9 Å². The topological polar surface area (TPSA) is 68.0 Å². The third-order valence-electron chi connectivity index (χ3n) is 4.26. The first kappa shape index (κ1) is 16.0. The smallest absolute Gasteiger partial charge is 0.255 e. The minimum atomic E-state index is -0.186. The fraction of sp³-hybridized carbons (Fsp3) is 0.0952. The Bertz CT molecular complexity index is 1100. The summed E-state index contributed by atoms with van der Waals surface area (Å²) in [6.45, 7) is 3.78. The fourth-order valence-electron chi connectivity index (χ4n) is 2.74. The number of amides is 1. The average molecular weight is 343 g/mol. The predicted octanol–water partition coefficient (Wildman–Crippen LogP) is 4.76. The number of benzene rings is 2. The number of oxazole rings is 1. The van der Waals surface area contributed by atoms with Gasteiger partial charge in [0.05, 0.1) is 11.2 Å². The summed E-state index contributed by atoms with van der Waals surface area (Å²) in [6, 6.07) is 16.8. The lowest BCUT2D eigenvalue weighted by Gasteiger charge is -2.07. The molecule has 0 unspecified atom stereocenters. The van der Waals surface area contributed by atoms with Gasteiger partial charge in [0.1, 0.15) is 5.76 Å². The number of anilines is 1. The highest BCUT2D eigenvalue weighted by Gasteiger charge is 2.11. The molecule has 0 atom stereocenters. The van der Waals surface area contributed by atoms with Gasteiger partial charge in [0.25, 0.3) is 5.91 Å². The Hall–Kier alpha value is -3.47. The Morgan fingerprint density at radius 2 is 1.92 bits per heavy atom. The van der Waals surface area contributed by atoms with Gasteiger partial charge in [0.15, 0.2) is 0 Å². The maximum atomic E-state index is 12.6. The first-order valence-electron chi connectivity index (χ1n) is 8.31. The van der Waals surface area contributed by atoms with Crippen molar-refractivity contribution in [1.29, 1.82) is 0 Å². The van der Waals surface area contributed by atoms with Crippen molar-refractivity contribution < 1.29 is 9.21 Å². The molecule has 0 fully saturated rings. The highest BCUT2D eigenvalue weighted by molar-refractivity contribution is 6.06. The van der Waals surface area contributed by atoms with Crippen molar-refractivity contribution in [2.75, 3.05) is 5.32 Å². The van der Waals surface area contributed by atoms with Gasteiger partial charge in [0, 0.05) is 28.4 Å². The number of carbonyl (C=O) groups excluding carboxylic acids is 1. The highest BCUT2D eigenvalue weighted by atomic mass is 16.4. The van der Waals surface area contributed by atoms with Crippen LogP contribution < -0.4 is 5.32 Å². The van der Waals surface area contributed by atoms with Crippen molar-refractivity contribution >= 4 is 22.5 Å². The van der Waals surface area contributed by atoms with Crippen LogP contribution in [0.5, 0.6) is 0 Å². The molecule has 0 aliphatic heterocycles. The van der Waals surface area contributed by atoms with E-state index in [0.29, 0.717) is 17.1 Å². The van der Waals surface area contributed by atoms with Crippen LogP contribution in [0.15, 0.2) is 65.2 Å². The molecule has 4 aromatic rings. The average Bonchev–Trinajstić information content (AvgIpc) is 3.00. The summed E-state index contributed by atoms with van der Waals surface area (Å²) in [7, 11) is 0. The van der Waals surface area contributed by atoms with Crippen molar-refractivity contribution in [3.05, 3.63) is 77.8 Å². The lowest BCUT2D eigenvalue weighted by atomic mass is 10.1. The molecule has 1 N–H and O–H groups in total. The first-order valence-corrected chi connectivity index (χ1v) is 8.31. The number of carbonyl (C=O) groups is 1. The molecule has 26 heavy (non-hydrogen) atoms. The number of hydrogen-bond acceptors (Lipinski definition) is 4. The molecular weight excluding hydrogens is 326 g/mol. The number of rotatable bonds is 3. The van der Waals surface area contributed by atoms with E-state index >= 15 is 0 Å². The van der Waals surface area contributed by atoms with E-state index in [1.807, 2.05) is 56.3 Å². The molecule has 5 heteroatoms. The zero-order chi connectivity index (χ0) is 18.1. The summed E-state index contributed by atoms with van der Waals surface area (Å²) in [5, 5.41) is 3.92. The molecule has 128 valence electrons. The Kier molecular flexibility index (Phi) is 3.97. The third-order valence-corrected chi connectivity index (χ3v) is 4.26. The van der Waals surface area contributed by atoms with Crippen LogP contribution in [0.25, 0.3) is 22.4 Å². The molecule has 1 amide bonds. The molecule has 0 aliphatic rings. The van der Waals surface area contributed by atoms with Gasteiger partial charge in [-0.05, 0) is 50.2 Å². The summed E-state index contributed by atoms with van der Waals surface area (Å²) in [4.78, 5) is 21.3. The molecule has 2 aromatic carbocycles. The van der Waals surface area contributed by atoms with Crippen LogP contribution in [0.1, 0.15) is 21.8 Å². The van der Waals surface area contributed by atoms with Crippen LogP contribution in [0.3, 0.4) is 0 Å². The molecule has 0 saturated carbocycles. The number of aryl methyl sites for hydroxylation is 2. The molecule has 4 rings (SSSR count). The van der Waals surface area contributed by atoms with Gasteiger partial charge in [-0.3, -0.25) is 9.78 Å². The minimum absolute atomic E-state index is 0.186. The maximum absolute atomic E-state index is 12.6. The quantitative estimate of drug-likeness (QED) is 0.582. The summed E-state index contributed by atoms with van der Waals surface area (Å²) < 4.78 is 5.66. The SMILES string of the molecule is Cc1nc(-c2cccc(NC(=O)c3ccc4cccnc4c3)c2)oc1C. The number of fused-ring (bicyclic) bond motifs is 1. The van der Waals surface area contributed by atoms with E-state index in [9.17, 15) is 4.79 Å². The fourth-order valence-corrected chi connectivity index (χ4v) is 2.74. The van der Waals surface area contributed by atoms with Gasteiger partial charge in [-0.25, -0.2) is 4.98 Å². The molecule has 0 radical (unpaired) electrons. The van der Waals surface area contributed by atoms with Gasteiger partial charge in [-0.2, -0.15) is 0 Å². The Morgan fingerprint density at radius 3 is 2.73 bits per heavy atom. The summed E-state index contributed by atoms with van der Waals surface area (Å²) in [5.74, 6) is 1.15. The van der Waals surface area contributed by atoms with Crippen molar-refractivity contribution in [1.82, 2.24) is 9.97 Å². The van der Waals surface area contributed by atoms with Crippen LogP contribution in [0.2, 0.25) is 0 Å². The summed E-state index contributed by atoms with van der Waals surface area (Å²) >= 11 is 0. The number of hydrogen-bond donors (Lipinski definition) is 1. The number of pyridine rings is 1. The van der Waals surface area contributed by atoms with Crippen molar-refractivity contribution in [3.63, 3.8) is 0 Å². The molecule has 2 aromatic heterocycles. The molecule has 0 bridgehead atoms. The van der Waals surface area contributed by atoms with Crippen LogP contribution in [-0.4, -0.2) is 15.9 Å². The predicted molar refractivity (Wildman–Crippen MR) is 101 cm³/mol. The Morgan fingerprint density at radius 1 is 1.04 bits per heavy atom. The van der Waals surface area contributed by atoms with Crippen LogP contribution >= 0.6 is 0 Å². The van der Waals surface area contributed by atoms with E-state index in [1.54, 1.807) is 18.3 Å². The lowest BCUT2D eigenvalue weighted by Crippen LogP contribution is -2.11. The standard InChI is InChI=1S/C21H17N3O2/c1-13-14(2)26-21(23-13)17-5-3-7-18(11-17)24-20(25)16-9-8-15-6-4-10-22-19(15)12-16/h3-12H,1-2H3,(H,24,25). The Balaban J connectivity index is 1.60. The number of nitrogens with one attached hydrogen (secondary N) is 1. The van der Waals surface area contributed by atoms with E-state index < -0.39 is 0 Å². The van der Waals surface area contributed by atoms with Crippen molar-refractivity contribution in [2.45, 2.75) is 13.8 Å². The first-order chi connectivity index (χ1) is 12.6. The molecule has 0 aliphatic carbocycles. The minimum Gasteiger partial charge on any atom is -0.441 e. The lowest BCUT2D eigenvalue weighted by molar-refractivity contribution is 0.102. The third kappa shape index (κ3) is 3.07. The van der Waals surface area contributed by atoms with E-state index in [1.165, 1.54) is 0 Å². The van der Waals surface area contributed by atoms with Gasteiger partial charge in [-0.1, -0.05) is 18.2 Å². The molecule has 2 heterocycles. The van der Waals surface area contributed by atoms with Gasteiger partial charge in [0.2, 0.25) is 5.89 Å². The molecular formula is C21H17N3O2. The maximum Gasteiger partial charge on any atom is 0.255 e. The van der Waals surface area contributed by atoms with Gasteiger partial charge >= 0.3 is 0 Å². The second-order valence-electron chi connectivity index (χ2n) is 6.11. The monoisotopic (exact) mass is 343 g/mol. The second-order valence-corrected chi connectivity index (χ2v) is 6.11.